The Kier molecular flexibility index (Phi) is 4.57. The van der Waals surface area contributed by atoms with Crippen molar-refractivity contribution < 1.29 is 4.79 Å². The van der Waals surface area contributed by atoms with Crippen LogP contribution in [0.2, 0.25) is 0 Å². The van der Waals surface area contributed by atoms with E-state index in [-0.39, 0.29) is 5.92 Å². The molecule has 3 saturated heterocycles. The highest BCUT2D eigenvalue weighted by atomic mass is 16.2. The second kappa shape index (κ2) is 6.82. The molecular formula is C18H29N5O. The lowest BCUT2D eigenvalue weighted by Crippen LogP contribution is -2.58. The molecule has 1 saturated carbocycles. The Labute approximate surface area is 144 Å². The average molecular weight is 331 g/mol. The SMILES string of the molecule is CCCCc1cn(C[C@H]2C[C@H]3CCN2C[C@@H]3C(=O)NC2CC2)nn1. The van der Waals surface area contributed by atoms with Crippen molar-refractivity contribution in [3.05, 3.63) is 11.9 Å². The lowest BCUT2D eigenvalue weighted by atomic mass is 9.75. The zero-order chi connectivity index (χ0) is 16.5. The fraction of sp³-hybridized carbons (Fsp3) is 0.833. The molecular weight excluding hydrogens is 302 g/mol. The van der Waals surface area contributed by atoms with Crippen LogP contribution in [0.1, 0.15) is 51.1 Å². The van der Waals surface area contributed by atoms with Gasteiger partial charge >= 0.3 is 0 Å². The number of carbonyl (C=O) groups excluding carboxylic acids is 1. The maximum Gasteiger partial charge on any atom is 0.224 e. The first-order valence-electron chi connectivity index (χ1n) is 9.66. The summed E-state index contributed by atoms with van der Waals surface area (Å²) >= 11 is 0. The van der Waals surface area contributed by atoms with Crippen LogP contribution >= 0.6 is 0 Å². The Balaban J connectivity index is 1.33. The van der Waals surface area contributed by atoms with Gasteiger partial charge in [0.2, 0.25) is 5.91 Å². The summed E-state index contributed by atoms with van der Waals surface area (Å²) in [5, 5.41) is 11.8. The van der Waals surface area contributed by atoms with Gasteiger partial charge in [-0.15, -0.1) is 5.10 Å². The zero-order valence-electron chi connectivity index (χ0n) is 14.7. The van der Waals surface area contributed by atoms with E-state index in [0.29, 0.717) is 23.9 Å². The van der Waals surface area contributed by atoms with E-state index >= 15 is 0 Å². The van der Waals surface area contributed by atoms with Crippen molar-refractivity contribution in [1.82, 2.24) is 25.2 Å². The number of rotatable bonds is 7. The van der Waals surface area contributed by atoms with Crippen LogP contribution in [-0.2, 0) is 17.8 Å². The van der Waals surface area contributed by atoms with Crippen molar-refractivity contribution in [3.8, 4) is 0 Å². The molecule has 5 rings (SSSR count). The van der Waals surface area contributed by atoms with E-state index in [1.807, 2.05) is 4.68 Å². The number of fused-ring (bicyclic) bond motifs is 3. The Morgan fingerprint density at radius 3 is 2.96 bits per heavy atom. The number of aromatic nitrogens is 3. The molecule has 0 radical (unpaired) electrons. The number of aryl methyl sites for hydroxylation is 1. The van der Waals surface area contributed by atoms with Gasteiger partial charge in [-0.3, -0.25) is 14.4 Å². The fourth-order valence-electron chi connectivity index (χ4n) is 4.28. The third kappa shape index (κ3) is 3.48. The highest BCUT2D eigenvalue weighted by molar-refractivity contribution is 5.80. The maximum absolute atomic E-state index is 12.4. The smallest absolute Gasteiger partial charge is 0.224 e. The first-order valence-corrected chi connectivity index (χ1v) is 9.66. The van der Waals surface area contributed by atoms with Crippen LogP contribution in [0.25, 0.3) is 0 Å². The predicted octanol–water partition coefficient (Wildman–Crippen LogP) is 1.61. The molecule has 24 heavy (non-hydrogen) atoms. The van der Waals surface area contributed by atoms with Gasteiger partial charge in [-0.2, -0.15) is 0 Å². The summed E-state index contributed by atoms with van der Waals surface area (Å²) in [6.07, 6.45) is 10.1. The number of unbranched alkanes of at least 4 members (excludes halogenated alkanes) is 1. The third-order valence-corrected chi connectivity index (χ3v) is 5.91. The summed E-state index contributed by atoms with van der Waals surface area (Å²) < 4.78 is 2.01. The third-order valence-electron chi connectivity index (χ3n) is 5.91. The van der Waals surface area contributed by atoms with Crippen LogP contribution < -0.4 is 5.32 Å². The monoisotopic (exact) mass is 331 g/mol. The Morgan fingerprint density at radius 1 is 1.38 bits per heavy atom. The van der Waals surface area contributed by atoms with Gasteiger partial charge in [0.05, 0.1) is 18.2 Å². The second-order valence-corrected chi connectivity index (χ2v) is 7.86. The molecule has 4 atom stereocenters. The van der Waals surface area contributed by atoms with Crippen LogP contribution in [0.5, 0.6) is 0 Å². The summed E-state index contributed by atoms with van der Waals surface area (Å²) in [5.41, 5.74) is 1.11. The quantitative estimate of drug-likeness (QED) is 0.824. The molecule has 1 aromatic rings. The van der Waals surface area contributed by atoms with E-state index in [9.17, 15) is 4.79 Å². The normalized spacial score (nSPS) is 32.0. The van der Waals surface area contributed by atoms with Gasteiger partial charge < -0.3 is 5.32 Å². The molecule has 1 unspecified atom stereocenters. The Morgan fingerprint density at radius 2 is 2.25 bits per heavy atom. The number of amides is 1. The van der Waals surface area contributed by atoms with Crippen molar-refractivity contribution in [2.75, 3.05) is 13.1 Å². The van der Waals surface area contributed by atoms with E-state index in [1.165, 1.54) is 32.1 Å². The fourth-order valence-corrected chi connectivity index (χ4v) is 4.28. The van der Waals surface area contributed by atoms with E-state index in [4.69, 9.17) is 0 Å². The zero-order valence-corrected chi connectivity index (χ0v) is 14.7. The van der Waals surface area contributed by atoms with Crippen LogP contribution in [0.15, 0.2) is 6.20 Å². The summed E-state index contributed by atoms with van der Waals surface area (Å²) in [4.78, 5) is 14.9. The van der Waals surface area contributed by atoms with Crippen molar-refractivity contribution in [1.29, 1.82) is 0 Å². The van der Waals surface area contributed by atoms with Gasteiger partial charge in [-0.05, 0) is 51.0 Å². The van der Waals surface area contributed by atoms with Gasteiger partial charge in [-0.25, -0.2) is 0 Å². The molecule has 1 amide bonds. The molecule has 4 aliphatic rings. The minimum atomic E-state index is 0.200. The number of carbonyl (C=O) groups is 1. The van der Waals surface area contributed by atoms with Crippen LogP contribution in [0, 0.1) is 11.8 Å². The average Bonchev–Trinajstić information content (AvgIpc) is 3.30. The minimum absolute atomic E-state index is 0.200. The van der Waals surface area contributed by atoms with Gasteiger partial charge in [0.15, 0.2) is 0 Å². The molecule has 132 valence electrons. The molecule has 2 bridgehead atoms. The standard InChI is InChI=1S/C18H29N5O/c1-2-3-4-15-10-23(21-20-15)11-16-9-13-7-8-22(16)12-17(13)18(24)19-14-5-6-14/h10,13-14,16-17H,2-9,11-12H2,1H3,(H,19,24)/t13-,16-,17+/m1/s1. The van der Waals surface area contributed by atoms with Gasteiger partial charge in [-0.1, -0.05) is 18.6 Å². The van der Waals surface area contributed by atoms with Crippen molar-refractivity contribution >= 4 is 5.91 Å². The molecule has 6 nitrogen and oxygen atoms in total. The first-order chi connectivity index (χ1) is 11.7. The summed E-state index contributed by atoms with van der Waals surface area (Å²) in [7, 11) is 0. The maximum atomic E-state index is 12.4. The topological polar surface area (TPSA) is 63.1 Å². The van der Waals surface area contributed by atoms with E-state index in [2.05, 4.69) is 33.6 Å². The predicted molar refractivity (Wildman–Crippen MR) is 91.4 cm³/mol. The lowest BCUT2D eigenvalue weighted by molar-refractivity contribution is -0.133. The molecule has 3 aliphatic heterocycles. The van der Waals surface area contributed by atoms with Crippen molar-refractivity contribution in [2.45, 2.75) is 70.5 Å². The second-order valence-electron chi connectivity index (χ2n) is 7.86. The van der Waals surface area contributed by atoms with E-state index < -0.39 is 0 Å². The van der Waals surface area contributed by atoms with Gasteiger partial charge in [0.1, 0.15) is 0 Å². The Hall–Kier alpha value is -1.43. The van der Waals surface area contributed by atoms with Crippen LogP contribution in [0.3, 0.4) is 0 Å². The number of hydrogen-bond donors (Lipinski definition) is 1. The Bertz CT molecular complexity index is 582. The van der Waals surface area contributed by atoms with E-state index in [1.54, 1.807) is 0 Å². The summed E-state index contributed by atoms with van der Waals surface area (Å²) in [5.74, 6) is 1.04. The number of nitrogens with one attached hydrogen (secondary N) is 1. The largest absolute Gasteiger partial charge is 0.353 e. The van der Waals surface area contributed by atoms with Gasteiger partial charge in [0.25, 0.3) is 0 Å². The molecule has 1 N–H and O–H groups in total. The summed E-state index contributed by atoms with van der Waals surface area (Å²) in [6, 6.07) is 0.981. The lowest BCUT2D eigenvalue weighted by Gasteiger charge is -2.49. The highest BCUT2D eigenvalue weighted by Gasteiger charge is 2.44. The number of piperidine rings is 3. The van der Waals surface area contributed by atoms with Crippen molar-refractivity contribution in [3.63, 3.8) is 0 Å². The molecule has 4 fully saturated rings. The minimum Gasteiger partial charge on any atom is -0.353 e. The van der Waals surface area contributed by atoms with E-state index in [0.717, 1.165) is 38.2 Å². The molecule has 4 heterocycles. The molecule has 1 aliphatic carbocycles. The number of hydrogen-bond acceptors (Lipinski definition) is 4. The van der Waals surface area contributed by atoms with Crippen LogP contribution in [0.4, 0.5) is 0 Å². The number of nitrogens with zero attached hydrogens (tertiary/aromatic N) is 4. The van der Waals surface area contributed by atoms with Gasteiger partial charge in [0, 0.05) is 24.8 Å². The molecule has 6 heteroatoms. The van der Waals surface area contributed by atoms with Crippen molar-refractivity contribution in [2.24, 2.45) is 11.8 Å². The first kappa shape index (κ1) is 16.1. The highest BCUT2D eigenvalue weighted by Crippen LogP contribution is 2.37. The molecule has 1 aromatic heterocycles. The van der Waals surface area contributed by atoms with Crippen LogP contribution in [-0.4, -0.2) is 51.0 Å². The molecule has 0 spiro atoms. The summed E-state index contributed by atoms with van der Waals surface area (Å²) in [6.45, 7) is 5.16. The molecule has 0 aromatic carbocycles.